The largest absolute Gasteiger partial charge is 0.480 e. The van der Waals surface area contributed by atoms with E-state index in [0.29, 0.717) is 30.7 Å². The van der Waals surface area contributed by atoms with Gasteiger partial charge in [-0.15, -0.1) is 0 Å². The summed E-state index contributed by atoms with van der Waals surface area (Å²) in [5.41, 5.74) is 5.11. The highest BCUT2D eigenvalue weighted by Gasteiger charge is 2.19. The Morgan fingerprint density at radius 2 is 1.61 bits per heavy atom. The van der Waals surface area contributed by atoms with E-state index in [1.807, 2.05) is 18.2 Å². The first-order chi connectivity index (χ1) is 15.0. The molecule has 5 nitrogen and oxygen atoms in total. The first-order valence-corrected chi connectivity index (χ1v) is 10.7. The van der Waals surface area contributed by atoms with Gasteiger partial charge in [-0.3, -0.25) is 0 Å². The summed E-state index contributed by atoms with van der Waals surface area (Å²) < 4.78 is 13.9. The van der Waals surface area contributed by atoms with Crippen LogP contribution in [0.15, 0.2) is 60.8 Å². The molecule has 2 aromatic heterocycles. The highest BCUT2D eigenvalue weighted by Crippen LogP contribution is 2.29. The van der Waals surface area contributed by atoms with E-state index in [0.717, 1.165) is 23.4 Å². The number of rotatable bonds is 8. The molecule has 160 valence electrons. The summed E-state index contributed by atoms with van der Waals surface area (Å²) in [4.78, 5) is 9.71. The molecule has 0 bridgehead atoms. The number of nitrogens with zero attached hydrogens (tertiary/aromatic N) is 3. The third kappa shape index (κ3) is 4.71. The zero-order valence-corrected chi connectivity index (χ0v) is 18.6. The van der Waals surface area contributed by atoms with E-state index in [2.05, 4.69) is 68.1 Å². The molecule has 0 atom stereocenters. The molecule has 0 amide bonds. The van der Waals surface area contributed by atoms with Crippen LogP contribution in [0.3, 0.4) is 0 Å². The summed E-state index contributed by atoms with van der Waals surface area (Å²) in [5.74, 6) is 1.59. The standard InChI is InChI=1S/C26H29N3O2/c1-18(2)14-22-26(31-17-19-10-6-5-7-11-19)28-23(25(27-22)30-4)15-20-16-29(3)24-13-9-8-12-21(20)24/h5-13,16,18H,14-15,17H2,1-4H3. The molecular formula is C26H29N3O2. The number of aromatic nitrogens is 3. The molecule has 2 aromatic carbocycles. The summed E-state index contributed by atoms with van der Waals surface area (Å²) in [7, 11) is 3.72. The molecule has 4 aromatic rings. The molecule has 0 spiro atoms. The minimum absolute atomic E-state index is 0.432. The van der Waals surface area contributed by atoms with Gasteiger partial charge in [-0.1, -0.05) is 62.4 Å². The molecule has 0 unspecified atom stereocenters. The quantitative estimate of drug-likeness (QED) is 0.389. The Labute approximate surface area is 183 Å². The van der Waals surface area contributed by atoms with Gasteiger partial charge in [0.15, 0.2) is 0 Å². The van der Waals surface area contributed by atoms with Crippen molar-refractivity contribution in [2.24, 2.45) is 13.0 Å². The first kappa shape index (κ1) is 20.9. The fourth-order valence-electron chi connectivity index (χ4n) is 3.86. The van der Waals surface area contributed by atoms with Crippen molar-refractivity contribution in [3.05, 3.63) is 83.3 Å². The molecular weight excluding hydrogens is 386 g/mol. The second kappa shape index (κ2) is 9.21. The molecule has 0 fully saturated rings. The summed E-state index contributed by atoms with van der Waals surface area (Å²) in [6, 6.07) is 18.5. The smallest absolute Gasteiger partial charge is 0.236 e. The number of fused-ring (bicyclic) bond motifs is 1. The molecule has 2 heterocycles. The van der Waals surface area contributed by atoms with Crippen molar-refractivity contribution >= 4 is 10.9 Å². The monoisotopic (exact) mass is 415 g/mol. The molecule has 0 aliphatic heterocycles. The number of ether oxygens (including phenoxy) is 2. The summed E-state index contributed by atoms with van der Waals surface area (Å²) >= 11 is 0. The van der Waals surface area contributed by atoms with Crippen LogP contribution in [0.2, 0.25) is 0 Å². The fraction of sp³-hybridized carbons (Fsp3) is 0.308. The number of methoxy groups -OCH3 is 1. The van der Waals surface area contributed by atoms with Crippen molar-refractivity contribution in [3.63, 3.8) is 0 Å². The predicted molar refractivity (Wildman–Crippen MR) is 124 cm³/mol. The van der Waals surface area contributed by atoms with Gasteiger partial charge in [0.25, 0.3) is 0 Å². The van der Waals surface area contributed by atoms with Gasteiger partial charge < -0.3 is 14.0 Å². The van der Waals surface area contributed by atoms with Crippen LogP contribution in [-0.2, 0) is 26.5 Å². The Morgan fingerprint density at radius 3 is 2.35 bits per heavy atom. The van der Waals surface area contributed by atoms with Gasteiger partial charge in [0, 0.05) is 30.6 Å². The van der Waals surface area contributed by atoms with Crippen LogP contribution in [0, 0.1) is 5.92 Å². The second-order valence-electron chi connectivity index (χ2n) is 8.26. The minimum Gasteiger partial charge on any atom is -0.480 e. The minimum atomic E-state index is 0.432. The van der Waals surface area contributed by atoms with Gasteiger partial charge in [-0.25, -0.2) is 9.97 Å². The topological polar surface area (TPSA) is 49.2 Å². The highest BCUT2D eigenvalue weighted by molar-refractivity contribution is 5.84. The molecule has 31 heavy (non-hydrogen) atoms. The van der Waals surface area contributed by atoms with Crippen LogP contribution in [0.4, 0.5) is 0 Å². The van der Waals surface area contributed by atoms with E-state index in [4.69, 9.17) is 19.4 Å². The summed E-state index contributed by atoms with van der Waals surface area (Å²) in [6.45, 7) is 4.79. The van der Waals surface area contributed by atoms with E-state index in [1.54, 1.807) is 7.11 Å². The lowest BCUT2D eigenvalue weighted by atomic mass is 10.1. The van der Waals surface area contributed by atoms with E-state index >= 15 is 0 Å². The van der Waals surface area contributed by atoms with E-state index in [1.165, 1.54) is 16.5 Å². The van der Waals surface area contributed by atoms with Gasteiger partial charge in [0.05, 0.1) is 7.11 Å². The third-order valence-corrected chi connectivity index (χ3v) is 5.32. The lowest BCUT2D eigenvalue weighted by Crippen LogP contribution is -2.10. The van der Waals surface area contributed by atoms with Gasteiger partial charge >= 0.3 is 0 Å². The molecule has 0 N–H and O–H groups in total. The Kier molecular flexibility index (Phi) is 6.21. The first-order valence-electron chi connectivity index (χ1n) is 10.7. The molecule has 0 saturated carbocycles. The highest BCUT2D eigenvalue weighted by atomic mass is 16.5. The molecule has 4 rings (SSSR count). The number of hydrogen-bond acceptors (Lipinski definition) is 4. The lowest BCUT2D eigenvalue weighted by Gasteiger charge is -2.15. The average Bonchev–Trinajstić information content (AvgIpc) is 3.09. The van der Waals surface area contributed by atoms with Crippen molar-refractivity contribution in [2.45, 2.75) is 33.3 Å². The Morgan fingerprint density at radius 1 is 0.903 bits per heavy atom. The van der Waals surface area contributed by atoms with Gasteiger partial charge in [0.1, 0.15) is 18.0 Å². The number of benzene rings is 2. The Balaban J connectivity index is 1.70. The number of para-hydroxylation sites is 1. The normalized spacial score (nSPS) is 11.3. The maximum absolute atomic E-state index is 6.16. The van der Waals surface area contributed by atoms with Crippen molar-refractivity contribution in [1.29, 1.82) is 0 Å². The lowest BCUT2D eigenvalue weighted by molar-refractivity contribution is 0.282. The van der Waals surface area contributed by atoms with Crippen molar-refractivity contribution < 1.29 is 9.47 Å². The van der Waals surface area contributed by atoms with Crippen LogP contribution in [0.25, 0.3) is 10.9 Å². The van der Waals surface area contributed by atoms with Crippen molar-refractivity contribution in [3.8, 4) is 11.8 Å². The van der Waals surface area contributed by atoms with Gasteiger partial charge in [-0.2, -0.15) is 0 Å². The van der Waals surface area contributed by atoms with Gasteiger partial charge in [-0.05, 0) is 29.5 Å². The third-order valence-electron chi connectivity index (χ3n) is 5.32. The zero-order chi connectivity index (χ0) is 21.8. The fourth-order valence-corrected chi connectivity index (χ4v) is 3.86. The number of hydrogen-bond donors (Lipinski definition) is 0. The molecule has 0 aliphatic rings. The van der Waals surface area contributed by atoms with Crippen LogP contribution in [0.5, 0.6) is 11.8 Å². The second-order valence-corrected chi connectivity index (χ2v) is 8.26. The Bertz CT molecular complexity index is 1170. The predicted octanol–water partition coefficient (Wildman–Crippen LogP) is 5.35. The SMILES string of the molecule is COc1nc(CC(C)C)c(OCc2ccccc2)nc1Cc1cn(C)c2ccccc12. The van der Waals surface area contributed by atoms with Crippen molar-refractivity contribution in [2.75, 3.05) is 7.11 Å². The molecule has 0 radical (unpaired) electrons. The van der Waals surface area contributed by atoms with Gasteiger partial charge in [0.2, 0.25) is 11.8 Å². The maximum atomic E-state index is 6.16. The van der Waals surface area contributed by atoms with E-state index < -0.39 is 0 Å². The average molecular weight is 416 g/mol. The van der Waals surface area contributed by atoms with Crippen LogP contribution in [-0.4, -0.2) is 21.6 Å². The number of aryl methyl sites for hydroxylation is 1. The van der Waals surface area contributed by atoms with E-state index in [9.17, 15) is 0 Å². The molecule has 0 aliphatic carbocycles. The Hall–Kier alpha value is -3.34. The van der Waals surface area contributed by atoms with Crippen LogP contribution < -0.4 is 9.47 Å². The van der Waals surface area contributed by atoms with Crippen LogP contribution in [0.1, 0.15) is 36.4 Å². The van der Waals surface area contributed by atoms with Crippen LogP contribution >= 0.6 is 0 Å². The zero-order valence-electron chi connectivity index (χ0n) is 18.6. The molecule has 5 heteroatoms. The van der Waals surface area contributed by atoms with E-state index in [-0.39, 0.29) is 0 Å². The van der Waals surface area contributed by atoms with Crippen molar-refractivity contribution in [1.82, 2.24) is 14.5 Å². The summed E-state index contributed by atoms with van der Waals surface area (Å²) in [5, 5.41) is 1.21. The molecule has 0 saturated heterocycles. The summed E-state index contributed by atoms with van der Waals surface area (Å²) in [6.07, 6.45) is 3.56. The maximum Gasteiger partial charge on any atom is 0.236 e.